The minimum Gasteiger partial charge on any atom is -0.487 e. The summed E-state index contributed by atoms with van der Waals surface area (Å²) in [4.78, 5) is 4.02. The Morgan fingerprint density at radius 3 is 2.90 bits per heavy atom. The van der Waals surface area contributed by atoms with E-state index in [0.717, 1.165) is 5.56 Å². The fraction of sp³-hybridized carbons (Fsp3) is 0.125. The molecule has 1 aromatic carbocycles. The van der Waals surface area contributed by atoms with Gasteiger partial charge in [-0.15, -0.1) is 0 Å². The number of aliphatic hydroxyl groups excluding tert-OH is 1. The second-order valence-corrected chi connectivity index (χ2v) is 3.93. The Balaban J connectivity index is 2.09. The van der Waals surface area contributed by atoms with Crippen LogP contribution in [-0.2, 0) is 6.61 Å². The molecule has 0 aliphatic carbocycles. The molecule has 0 spiro atoms. The smallest absolute Gasteiger partial charge is 0.139 e. The lowest BCUT2D eigenvalue weighted by Gasteiger charge is -2.07. The number of benzene rings is 1. The van der Waals surface area contributed by atoms with Gasteiger partial charge in [-0.3, -0.25) is 4.98 Å². The van der Waals surface area contributed by atoms with Crippen molar-refractivity contribution in [3.8, 4) is 23.7 Å². The van der Waals surface area contributed by atoms with Gasteiger partial charge in [-0.05, 0) is 12.1 Å². The van der Waals surface area contributed by atoms with Crippen LogP contribution in [0.1, 0.15) is 16.7 Å². The summed E-state index contributed by atoms with van der Waals surface area (Å²) in [6, 6.07) is 11.1. The molecule has 98 valence electrons. The van der Waals surface area contributed by atoms with E-state index in [1.54, 1.807) is 24.5 Å². The third kappa shape index (κ3) is 3.58. The van der Waals surface area contributed by atoms with Crippen molar-refractivity contribution >= 4 is 0 Å². The zero-order chi connectivity index (χ0) is 14.2. The van der Waals surface area contributed by atoms with Gasteiger partial charge in [0.2, 0.25) is 0 Å². The van der Waals surface area contributed by atoms with Crippen molar-refractivity contribution in [2.75, 3.05) is 6.61 Å². The summed E-state index contributed by atoms with van der Waals surface area (Å²) in [6.07, 6.45) is 3.18. The molecule has 1 aromatic heterocycles. The van der Waals surface area contributed by atoms with E-state index >= 15 is 0 Å². The van der Waals surface area contributed by atoms with E-state index in [2.05, 4.69) is 22.9 Å². The molecule has 0 aliphatic heterocycles. The maximum atomic E-state index is 9.00. The Kier molecular flexibility index (Phi) is 4.72. The van der Waals surface area contributed by atoms with Gasteiger partial charge in [-0.2, -0.15) is 5.26 Å². The van der Waals surface area contributed by atoms with Gasteiger partial charge >= 0.3 is 0 Å². The summed E-state index contributed by atoms with van der Waals surface area (Å²) in [5, 5.41) is 17.6. The first-order valence-corrected chi connectivity index (χ1v) is 5.99. The highest BCUT2D eigenvalue weighted by Crippen LogP contribution is 2.14. The quantitative estimate of drug-likeness (QED) is 0.859. The first-order chi connectivity index (χ1) is 9.83. The molecule has 4 heteroatoms. The van der Waals surface area contributed by atoms with Gasteiger partial charge in [0.25, 0.3) is 0 Å². The Morgan fingerprint density at radius 2 is 2.10 bits per heavy atom. The number of rotatable bonds is 3. The molecule has 1 N–H and O–H groups in total. The van der Waals surface area contributed by atoms with Gasteiger partial charge in [0, 0.05) is 17.3 Å². The second kappa shape index (κ2) is 6.94. The molecule has 0 amide bonds. The van der Waals surface area contributed by atoms with Gasteiger partial charge in [0.05, 0.1) is 17.8 Å². The summed E-state index contributed by atoms with van der Waals surface area (Å²) in [6.45, 7) is 0.100. The molecule has 0 saturated carbocycles. The molecule has 0 aliphatic rings. The van der Waals surface area contributed by atoms with Crippen LogP contribution in [-0.4, -0.2) is 16.7 Å². The number of hydrogen-bond acceptors (Lipinski definition) is 4. The van der Waals surface area contributed by atoms with Crippen LogP contribution in [0.15, 0.2) is 42.7 Å². The molecule has 0 atom stereocenters. The average molecular weight is 264 g/mol. The zero-order valence-corrected chi connectivity index (χ0v) is 10.7. The molecule has 20 heavy (non-hydrogen) atoms. The van der Waals surface area contributed by atoms with Gasteiger partial charge in [-0.1, -0.05) is 30.0 Å². The largest absolute Gasteiger partial charge is 0.487 e. The molecule has 1 heterocycles. The standard InChI is InChI=1S/C16H12N2O2/c17-9-14-5-1-2-6-15(14)12-20-16-8-13(4-3-7-19)10-18-11-16/h1-2,5-6,8,10-11,19H,7,12H2. The predicted molar refractivity (Wildman–Crippen MR) is 73.7 cm³/mol. The number of nitrogens with zero attached hydrogens (tertiary/aromatic N) is 2. The summed E-state index contributed by atoms with van der Waals surface area (Å²) >= 11 is 0. The predicted octanol–water partition coefficient (Wildman–Crippen LogP) is 1.88. The molecule has 4 nitrogen and oxygen atoms in total. The highest BCUT2D eigenvalue weighted by Gasteiger charge is 2.02. The minimum atomic E-state index is -0.194. The number of aliphatic hydroxyl groups is 1. The number of pyridine rings is 1. The molecule has 0 bridgehead atoms. The molecular formula is C16H12N2O2. The van der Waals surface area contributed by atoms with Gasteiger partial charge in [-0.25, -0.2) is 0 Å². The normalized spacial score (nSPS) is 9.20. The van der Waals surface area contributed by atoms with E-state index in [1.165, 1.54) is 0 Å². The van der Waals surface area contributed by atoms with Crippen LogP contribution in [0.25, 0.3) is 0 Å². The Labute approximate surface area is 117 Å². The van der Waals surface area contributed by atoms with Crippen molar-refractivity contribution in [1.29, 1.82) is 5.26 Å². The van der Waals surface area contributed by atoms with Crippen LogP contribution in [0.2, 0.25) is 0 Å². The number of nitriles is 1. The fourth-order valence-electron chi connectivity index (χ4n) is 1.62. The first kappa shape index (κ1) is 13.6. The second-order valence-electron chi connectivity index (χ2n) is 3.93. The molecule has 2 rings (SSSR count). The first-order valence-electron chi connectivity index (χ1n) is 5.99. The maximum Gasteiger partial charge on any atom is 0.139 e. The Bertz CT molecular complexity index is 693. The number of aromatic nitrogens is 1. The minimum absolute atomic E-state index is 0.194. The van der Waals surface area contributed by atoms with Crippen LogP contribution < -0.4 is 4.74 Å². The molecule has 0 radical (unpaired) electrons. The van der Waals surface area contributed by atoms with Crippen LogP contribution in [0.3, 0.4) is 0 Å². The molecule has 0 unspecified atom stereocenters. The van der Waals surface area contributed by atoms with Crippen molar-refractivity contribution < 1.29 is 9.84 Å². The molecule has 0 fully saturated rings. The van der Waals surface area contributed by atoms with Crippen molar-refractivity contribution in [2.24, 2.45) is 0 Å². The molecule has 0 saturated heterocycles. The van der Waals surface area contributed by atoms with Crippen molar-refractivity contribution in [3.05, 3.63) is 59.4 Å². The molecular weight excluding hydrogens is 252 g/mol. The highest BCUT2D eigenvalue weighted by atomic mass is 16.5. The Hall–Kier alpha value is -2.82. The van der Waals surface area contributed by atoms with Gasteiger partial charge in [0.15, 0.2) is 0 Å². The van der Waals surface area contributed by atoms with Crippen LogP contribution >= 0.6 is 0 Å². The summed E-state index contributed by atoms with van der Waals surface area (Å²) in [5.41, 5.74) is 2.09. The monoisotopic (exact) mass is 264 g/mol. The van der Waals surface area contributed by atoms with E-state index in [1.807, 2.05) is 18.2 Å². The van der Waals surface area contributed by atoms with Crippen LogP contribution in [0.5, 0.6) is 5.75 Å². The van der Waals surface area contributed by atoms with Crippen LogP contribution in [0.4, 0.5) is 0 Å². The van der Waals surface area contributed by atoms with Crippen molar-refractivity contribution in [3.63, 3.8) is 0 Å². The topological polar surface area (TPSA) is 66.1 Å². The van der Waals surface area contributed by atoms with E-state index in [0.29, 0.717) is 23.5 Å². The highest BCUT2D eigenvalue weighted by molar-refractivity contribution is 5.39. The number of hydrogen-bond donors (Lipinski definition) is 1. The lowest BCUT2D eigenvalue weighted by Crippen LogP contribution is -1.98. The summed E-state index contributed by atoms with van der Waals surface area (Å²) in [5.74, 6) is 5.88. The van der Waals surface area contributed by atoms with Crippen molar-refractivity contribution in [1.82, 2.24) is 4.98 Å². The average Bonchev–Trinajstić information content (AvgIpc) is 2.51. The van der Waals surface area contributed by atoms with Gasteiger partial charge in [0.1, 0.15) is 19.0 Å². The zero-order valence-electron chi connectivity index (χ0n) is 10.7. The van der Waals surface area contributed by atoms with E-state index in [9.17, 15) is 0 Å². The lowest BCUT2D eigenvalue weighted by molar-refractivity contribution is 0.304. The van der Waals surface area contributed by atoms with E-state index < -0.39 is 0 Å². The third-order valence-corrected chi connectivity index (χ3v) is 2.56. The SMILES string of the molecule is N#Cc1ccccc1COc1cncc(C#CCO)c1. The summed E-state index contributed by atoms with van der Waals surface area (Å²) < 4.78 is 5.61. The van der Waals surface area contributed by atoms with Gasteiger partial charge < -0.3 is 9.84 Å². The molecule has 2 aromatic rings. The lowest BCUT2D eigenvalue weighted by atomic mass is 10.1. The van der Waals surface area contributed by atoms with E-state index in [-0.39, 0.29) is 6.61 Å². The fourth-order valence-corrected chi connectivity index (χ4v) is 1.62. The van der Waals surface area contributed by atoms with Crippen LogP contribution in [0, 0.1) is 23.2 Å². The number of ether oxygens (including phenoxy) is 1. The van der Waals surface area contributed by atoms with Crippen molar-refractivity contribution in [2.45, 2.75) is 6.61 Å². The maximum absolute atomic E-state index is 9.00. The third-order valence-electron chi connectivity index (χ3n) is 2.56. The van der Waals surface area contributed by atoms with E-state index in [4.69, 9.17) is 15.1 Å². The summed E-state index contributed by atoms with van der Waals surface area (Å²) in [7, 11) is 0. The Morgan fingerprint density at radius 1 is 1.25 bits per heavy atom.